The predicted octanol–water partition coefficient (Wildman–Crippen LogP) is 5.48. The molecule has 2 aromatic carbocycles. The summed E-state index contributed by atoms with van der Waals surface area (Å²) < 4.78 is 10.9. The average molecular weight is 464 g/mol. The van der Waals surface area contributed by atoms with E-state index >= 15 is 0 Å². The second-order valence-electron chi connectivity index (χ2n) is 8.03. The van der Waals surface area contributed by atoms with Gasteiger partial charge in [0.25, 0.3) is 11.7 Å². The van der Waals surface area contributed by atoms with Crippen LogP contribution >= 0.6 is 11.3 Å². The van der Waals surface area contributed by atoms with Crippen molar-refractivity contribution >= 4 is 34.5 Å². The molecule has 7 heteroatoms. The Balaban J connectivity index is 1.84. The minimum absolute atomic E-state index is 0.0149. The fourth-order valence-corrected chi connectivity index (χ4v) is 4.90. The van der Waals surface area contributed by atoms with Gasteiger partial charge in [0.1, 0.15) is 23.3 Å². The molecule has 0 spiro atoms. The van der Waals surface area contributed by atoms with Gasteiger partial charge in [0.2, 0.25) is 0 Å². The summed E-state index contributed by atoms with van der Waals surface area (Å²) in [6.07, 6.45) is 0.0149. The van der Waals surface area contributed by atoms with Gasteiger partial charge in [0.15, 0.2) is 0 Å². The molecule has 0 aliphatic carbocycles. The number of carbonyl (C=O) groups is 2. The predicted molar refractivity (Wildman–Crippen MR) is 129 cm³/mol. The van der Waals surface area contributed by atoms with E-state index in [9.17, 15) is 14.7 Å². The summed E-state index contributed by atoms with van der Waals surface area (Å²) >= 11 is 1.45. The highest BCUT2D eigenvalue weighted by molar-refractivity contribution is 7.10. The summed E-state index contributed by atoms with van der Waals surface area (Å²) in [7, 11) is 1.56. The van der Waals surface area contributed by atoms with E-state index in [1.165, 1.54) is 16.2 Å². The maximum Gasteiger partial charge on any atom is 0.300 e. The molecule has 170 valence electrons. The van der Waals surface area contributed by atoms with Gasteiger partial charge in [-0.25, -0.2) is 0 Å². The molecule has 4 rings (SSSR count). The van der Waals surface area contributed by atoms with Gasteiger partial charge in [-0.15, -0.1) is 11.3 Å². The first kappa shape index (κ1) is 22.6. The van der Waals surface area contributed by atoms with E-state index < -0.39 is 17.7 Å². The number of aliphatic hydroxyl groups is 1. The number of methoxy groups -OCH3 is 1. The molecule has 0 bridgehead atoms. The average Bonchev–Trinajstić information content (AvgIpc) is 3.34. The van der Waals surface area contributed by atoms with Gasteiger partial charge in [-0.3, -0.25) is 14.5 Å². The van der Waals surface area contributed by atoms with E-state index in [4.69, 9.17) is 9.47 Å². The fraction of sp³-hybridized carbons (Fsp3) is 0.231. The Hall–Kier alpha value is -3.58. The van der Waals surface area contributed by atoms with Crippen LogP contribution in [0.2, 0.25) is 0 Å². The molecule has 1 aromatic heterocycles. The Morgan fingerprint density at radius 3 is 2.18 bits per heavy atom. The van der Waals surface area contributed by atoms with Crippen LogP contribution < -0.4 is 14.4 Å². The van der Waals surface area contributed by atoms with E-state index in [2.05, 4.69) is 0 Å². The molecule has 33 heavy (non-hydrogen) atoms. The van der Waals surface area contributed by atoms with Gasteiger partial charge < -0.3 is 14.6 Å². The van der Waals surface area contributed by atoms with Crippen LogP contribution in [0.4, 0.5) is 5.69 Å². The van der Waals surface area contributed by atoms with Crippen molar-refractivity contribution in [2.45, 2.75) is 32.9 Å². The number of hydrogen-bond donors (Lipinski definition) is 1. The maximum atomic E-state index is 13.2. The summed E-state index contributed by atoms with van der Waals surface area (Å²) in [6, 6.07) is 15.0. The van der Waals surface area contributed by atoms with E-state index in [0.717, 1.165) is 10.4 Å². The highest BCUT2D eigenvalue weighted by Crippen LogP contribution is 2.45. The molecule has 2 heterocycles. The van der Waals surface area contributed by atoms with Crippen LogP contribution in [0.15, 0.2) is 65.6 Å². The van der Waals surface area contributed by atoms with Crippen LogP contribution in [-0.2, 0) is 9.59 Å². The number of nitrogens with zero attached hydrogens (tertiary/aromatic N) is 1. The number of aryl methyl sites for hydroxylation is 1. The molecule has 1 amide bonds. The summed E-state index contributed by atoms with van der Waals surface area (Å²) in [4.78, 5) is 28.7. The number of Topliss-reactive ketones (excluding diaryl/α,β-unsaturated/α-hetero) is 1. The zero-order chi connectivity index (χ0) is 23.7. The number of hydrogen-bond acceptors (Lipinski definition) is 6. The highest BCUT2D eigenvalue weighted by atomic mass is 32.1. The number of ether oxygens (including phenoxy) is 2. The molecule has 0 saturated carbocycles. The summed E-state index contributed by atoms with van der Waals surface area (Å²) in [5.41, 5.74) is 2.00. The minimum atomic E-state index is -0.731. The maximum absolute atomic E-state index is 13.2. The van der Waals surface area contributed by atoms with Crippen LogP contribution in [0.25, 0.3) is 5.76 Å². The first-order valence-electron chi connectivity index (χ1n) is 10.6. The Labute approximate surface area is 196 Å². The van der Waals surface area contributed by atoms with Crippen molar-refractivity contribution in [1.29, 1.82) is 0 Å². The van der Waals surface area contributed by atoms with Crippen molar-refractivity contribution in [3.8, 4) is 11.5 Å². The molecule has 1 saturated heterocycles. The first-order valence-corrected chi connectivity index (χ1v) is 11.5. The van der Waals surface area contributed by atoms with Gasteiger partial charge >= 0.3 is 0 Å². The monoisotopic (exact) mass is 463 g/mol. The Kier molecular flexibility index (Phi) is 6.24. The second kappa shape index (κ2) is 9.11. The Morgan fingerprint density at radius 2 is 1.64 bits per heavy atom. The zero-order valence-corrected chi connectivity index (χ0v) is 19.7. The van der Waals surface area contributed by atoms with Crippen LogP contribution in [0, 0.1) is 6.92 Å². The van der Waals surface area contributed by atoms with Gasteiger partial charge in [-0.1, -0.05) is 0 Å². The van der Waals surface area contributed by atoms with Gasteiger partial charge in [-0.2, -0.15) is 0 Å². The topological polar surface area (TPSA) is 76.1 Å². The molecule has 1 atom stereocenters. The smallest absolute Gasteiger partial charge is 0.300 e. The molecule has 3 aromatic rings. The number of benzene rings is 2. The summed E-state index contributed by atoms with van der Waals surface area (Å²) in [5, 5.41) is 13.1. The van der Waals surface area contributed by atoms with Gasteiger partial charge in [-0.05, 0) is 86.3 Å². The minimum Gasteiger partial charge on any atom is -0.507 e. The molecular formula is C26H25NO5S. The van der Waals surface area contributed by atoms with Gasteiger partial charge in [0, 0.05) is 16.1 Å². The molecule has 6 nitrogen and oxygen atoms in total. The fourth-order valence-electron chi connectivity index (χ4n) is 3.87. The van der Waals surface area contributed by atoms with Crippen molar-refractivity contribution in [2.24, 2.45) is 0 Å². The Morgan fingerprint density at radius 1 is 1.00 bits per heavy atom. The molecule has 1 unspecified atom stereocenters. The molecule has 0 radical (unpaired) electrons. The lowest BCUT2D eigenvalue weighted by Crippen LogP contribution is -2.29. The van der Waals surface area contributed by atoms with Crippen molar-refractivity contribution < 1.29 is 24.2 Å². The number of amides is 1. The molecular weight excluding hydrogens is 438 g/mol. The molecule has 1 fully saturated rings. The van der Waals surface area contributed by atoms with Gasteiger partial charge in [0.05, 0.1) is 18.8 Å². The number of carbonyl (C=O) groups excluding carboxylic acids is 2. The number of rotatable bonds is 6. The van der Waals surface area contributed by atoms with E-state index in [1.807, 2.05) is 32.2 Å². The van der Waals surface area contributed by atoms with E-state index in [-0.39, 0.29) is 17.4 Å². The molecule has 1 aliphatic heterocycles. The zero-order valence-electron chi connectivity index (χ0n) is 18.9. The number of anilines is 1. The normalized spacial score (nSPS) is 17.6. The van der Waals surface area contributed by atoms with Crippen LogP contribution in [-0.4, -0.2) is 30.0 Å². The molecule has 1 N–H and O–H groups in total. The number of ketones is 1. The highest BCUT2D eigenvalue weighted by Gasteiger charge is 2.47. The lowest BCUT2D eigenvalue weighted by molar-refractivity contribution is -0.132. The second-order valence-corrected chi connectivity index (χ2v) is 8.97. The van der Waals surface area contributed by atoms with Crippen LogP contribution in [0.5, 0.6) is 11.5 Å². The largest absolute Gasteiger partial charge is 0.507 e. The third kappa shape index (κ3) is 4.24. The third-order valence-electron chi connectivity index (χ3n) is 5.44. The quantitative estimate of drug-likeness (QED) is 0.298. The lowest BCUT2D eigenvalue weighted by Gasteiger charge is -2.25. The first-order chi connectivity index (χ1) is 15.8. The summed E-state index contributed by atoms with van der Waals surface area (Å²) in [6.45, 7) is 5.79. The standard InChI is InChI=1S/C26H25NO5S/c1-15(2)32-20-9-5-17(6-10-20)23(28)21-22(25-16(3)13-14-33-25)27(26(30)24(21)29)18-7-11-19(31-4)12-8-18/h5-15,22,28H,1-4H3/b23-21-. The SMILES string of the molecule is COc1ccc(N2C(=O)C(=O)/C(=C(\O)c3ccc(OC(C)C)cc3)C2c2sccc2C)cc1. The van der Waals surface area contributed by atoms with Crippen molar-refractivity contribution in [1.82, 2.24) is 0 Å². The van der Waals surface area contributed by atoms with Crippen LogP contribution in [0.3, 0.4) is 0 Å². The van der Waals surface area contributed by atoms with Crippen LogP contribution in [0.1, 0.15) is 35.9 Å². The number of aliphatic hydroxyl groups excluding tert-OH is 1. The van der Waals surface area contributed by atoms with E-state index in [0.29, 0.717) is 22.7 Å². The van der Waals surface area contributed by atoms with E-state index in [1.54, 1.807) is 55.6 Å². The van der Waals surface area contributed by atoms with Crippen molar-refractivity contribution in [3.63, 3.8) is 0 Å². The van der Waals surface area contributed by atoms with Crippen molar-refractivity contribution in [3.05, 3.63) is 81.6 Å². The lowest BCUT2D eigenvalue weighted by atomic mass is 9.98. The third-order valence-corrected chi connectivity index (χ3v) is 6.52. The molecule has 1 aliphatic rings. The summed E-state index contributed by atoms with van der Waals surface area (Å²) in [5.74, 6) is -0.310. The van der Waals surface area contributed by atoms with Crippen molar-refractivity contribution in [2.75, 3.05) is 12.0 Å². The Bertz CT molecular complexity index is 1210. The number of thiophene rings is 1.